The normalized spacial score (nSPS) is 21.9. The average Bonchev–Trinajstić information content (AvgIpc) is 2.64. The molecular weight excluding hydrogens is 245 g/mol. The van der Waals surface area contributed by atoms with Crippen LogP contribution in [-0.4, -0.2) is 37.0 Å². The molecule has 0 bridgehead atoms. The van der Waals surface area contributed by atoms with Gasteiger partial charge in [0.2, 0.25) is 10.0 Å². The lowest BCUT2D eigenvalue weighted by Gasteiger charge is -2.16. The Bertz CT molecular complexity index is 530. The molecule has 1 fully saturated rings. The predicted octanol–water partition coefficient (Wildman–Crippen LogP) is 0.889. The van der Waals surface area contributed by atoms with Crippen molar-refractivity contribution in [2.24, 2.45) is 0 Å². The van der Waals surface area contributed by atoms with Gasteiger partial charge in [-0.3, -0.25) is 0 Å². The first-order valence-electron chi connectivity index (χ1n) is 5.35. The number of hydrogen-bond acceptors (Lipinski definition) is 3. The molecule has 94 valence electrons. The molecule has 1 atom stereocenters. The molecule has 0 radical (unpaired) electrons. The van der Waals surface area contributed by atoms with Crippen LogP contribution in [0.15, 0.2) is 23.1 Å². The number of halogens is 1. The highest BCUT2D eigenvalue weighted by Crippen LogP contribution is 2.23. The van der Waals surface area contributed by atoms with Crippen LogP contribution in [0, 0.1) is 12.7 Å². The van der Waals surface area contributed by atoms with E-state index in [-0.39, 0.29) is 18.0 Å². The Kier molecular flexibility index (Phi) is 3.20. The van der Waals surface area contributed by atoms with Gasteiger partial charge in [0.05, 0.1) is 6.10 Å². The third-order valence-electron chi connectivity index (χ3n) is 2.83. The molecule has 4 nitrogen and oxygen atoms in total. The molecule has 1 aliphatic heterocycles. The number of aryl methyl sites for hydroxylation is 1. The monoisotopic (exact) mass is 259 g/mol. The topological polar surface area (TPSA) is 57.6 Å². The minimum absolute atomic E-state index is 0.0374. The molecule has 0 amide bonds. The van der Waals surface area contributed by atoms with E-state index in [1.54, 1.807) is 13.0 Å². The summed E-state index contributed by atoms with van der Waals surface area (Å²) in [6, 6.07) is 4.02. The Morgan fingerprint density at radius 1 is 1.47 bits per heavy atom. The van der Waals surface area contributed by atoms with Crippen molar-refractivity contribution in [3.05, 3.63) is 29.6 Å². The first kappa shape index (κ1) is 12.5. The zero-order valence-electron chi connectivity index (χ0n) is 9.43. The summed E-state index contributed by atoms with van der Waals surface area (Å²) in [4.78, 5) is -0.322. The molecule has 0 saturated carbocycles. The summed E-state index contributed by atoms with van der Waals surface area (Å²) >= 11 is 0. The van der Waals surface area contributed by atoms with Crippen molar-refractivity contribution < 1.29 is 17.9 Å². The summed E-state index contributed by atoms with van der Waals surface area (Å²) < 4.78 is 38.9. The summed E-state index contributed by atoms with van der Waals surface area (Å²) in [5, 5.41) is 9.32. The average molecular weight is 259 g/mol. The number of aliphatic hydroxyl groups excluding tert-OH is 1. The number of β-amino-alcohol motifs (C(OH)–C–C–N with tert-alkyl or cyclic N) is 1. The second-order valence-corrected chi connectivity index (χ2v) is 6.15. The van der Waals surface area contributed by atoms with Gasteiger partial charge in [0, 0.05) is 13.1 Å². The Balaban J connectivity index is 2.38. The summed E-state index contributed by atoms with van der Waals surface area (Å²) in [5.41, 5.74) is 0.669. The van der Waals surface area contributed by atoms with Crippen molar-refractivity contribution in [2.45, 2.75) is 24.3 Å². The van der Waals surface area contributed by atoms with E-state index < -0.39 is 21.9 Å². The molecule has 0 spiro atoms. The van der Waals surface area contributed by atoms with Crippen LogP contribution in [0.2, 0.25) is 0 Å². The number of rotatable bonds is 2. The second kappa shape index (κ2) is 4.36. The molecule has 1 aliphatic rings. The van der Waals surface area contributed by atoms with Crippen LogP contribution in [0.3, 0.4) is 0 Å². The van der Waals surface area contributed by atoms with Crippen molar-refractivity contribution >= 4 is 10.0 Å². The lowest BCUT2D eigenvalue weighted by molar-refractivity contribution is 0.189. The molecule has 0 aliphatic carbocycles. The van der Waals surface area contributed by atoms with Gasteiger partial charge in [-0.05, 0) is 31.0 Å². The minimum Gasteiger partial charge on any atom is -0.392 e. The molecule has 1 N–H and O–H groups in total. The highest BCUT2D eigenvalue weighted by molar-refractivity contribution is 7.89. The first-order chi connectivity index (χ1) is 7.91. The Hall–Kier alpha value is -0.980. The molecule has 1 aromatic rings. The Morgan fingerprint density at radius 3 is 2.71 bits per heavy atom. The maximum Gasteiger partial charge on any atom is 0.246 e. The van der Waals surface area contributed by atoms with E-state index in [1.165, 1.54) is 12.1 Å². The Labute approximate surface area is 99.7 Å². The third-order valence-corrected chi connectivity index (χ3v) is 4.73. The molecule has 0 aromatic heterocycles. The summed E-state index contributed by atoms with van der Waals surface area (Å²) in [6.45, 7) is 1.96. The SMILES string of the molecule is Cc1ccc(S(=O)(=O)N2CC[C@@H](O)C2)c(F)c1. The Morgan fingerprint density at radius 2 is 2.18 bits per heavy atom. The maximum atomic E-state index is 13.6. The molecule has 0 unspecified atom stereocenters. The largest absolute Gasteiger partial charge is 0.392 e. The standard InChI is InChI=1S/C11H14FNO3S/c1-8-2-3-11(10(12)6-8)17(15,16)13-5-4-9(14)7-13/h2-3,6,9,14H,4-5,7H2,1H3/t9-/m1/s1. The van der Waals surface area contributed by atoms with Crippen molar-refractivity contribution in [2.75, 3.05) is 13.1 Å². The fourth-order valence-electron chi connectivity index (χ4n) is 1.88. The van der Waals surface area contributed by atoms with Crippen molar-refractivity contribution in [1.82, 2.24) is 4.31 Å². The van der Waals surface area contributed by atoms with E-state index in [1.807, 2.05) is 0 Å². The molecule has 1 saturated heterocycles. The van der Waals surface area contributed by atoms with Gasteiger partial charge in [-0.25, -0.2) is 12.8 Å². The number of nitrogens with zero attached hydrogens (tertiary/aromatic N) is 1. The van der Waals surface area contributed by atoms with Gasteiger partial charge >= 0.3 is 0 Å². The highest BCUT2D eigenvalue weighted by atomic mass is 32.2. The van der Waals surface area contributed by atoms with Crippen molar-refractivity contribution in [1.29, 1.82) is 0 Å². The number of benzene rings is 1. The predicted molar refractivity (Wildman–Crippen MR) is 60.5 cm³/mol. The van der Waals surface area contributed by atoms with E-state index in [9.17, 15) is 17.9 Å². The van der Waals surface area contributed by atoms with E-state index in [0.717, 1.165) is 4.31 Å². The maximum absolute atomic E-state index is 13.6. The first-order valence-corrected chi connectivity index (χ1v) is 6.79. The molecule has 6 heteroatoms. The van der Waals surface area contributed by atoms with Crippen LogP contribution in [0.4, 0.5) is 4.39 Å². The summed E-state index contributed by atoms with van der Waals surface area (Å²) in [7, 11) is -3.82. The van der Waals surface area contributed by atoms with Gasteiger partial charge in [-0.1, -0.05) is 6.07 Å². The smallest absolute Gasteiger partial charge is 0.246 e. The zero-order valence-corrected chi connectivity index (χ0v) is 10.2. The number of aliphatic hydroxyl groups is 1. The van der Waals surface area contributed by atoms with E-state index in [4.69, 9.17) is 0 Å². The van der Waals surface area contributed by atoms with Crippen molar-refractivity contribution in [3.63, 3.8) is 0 Å². The molecule has 1 heterocycles. The van der Waals surface area contributed by atoms with Gasteiger partial charge in [0.15, 0.2) is 0 Å². The fraction of sp³-hybridized carbons (Fsp3) is 0.455. The van der Waals surface area contributed by atoms with Gasteiger partial charge in [-0.15, -0.1) is 0 Å². The van der Waals surface area contributed by atoms with Crippen molar-refractivity contribution in [3.8, 4) is 0 Å². The number of sulfonamides is 1. The van der Waals surface area contributed by atoms with E-state index in [2.05, 4.69) is 0 Å². The van der Waals surface area contributed by atoms with Crippen LogP contribution in [0.5, 0.6) is 0 Å². The summed E-state index contributed by atoms with van der Waals surface area (Å²) in [5.74, 6) is -0.744. The molecule has 17 heavy (non-hydrogen) atoms. The van der Waals surface area contributed by atoms with Crippen LogP contribution in [0.1, 0.15) is 12.0 Å². The lowest BCUT2D eigenvalue weighted by atomic mass is 10.2. The van der Waals surface area contributed by atoms with Gasteiger partial charge in [0.1, 0.15) is 10.7 Å². The quantitative estimate of drug-likeness (QED) is 0.858. The minimum atomic E-state index is -3.82. The van der Waals surface area contributed by atoms with Crippen LogP contribution in [0.25, 0.3) is 0 Å². The molecule has 2 rings (SSSR count). The molecule has 1 aromatic carbocycles. The number of hydrogen-bond donors (Lipinski definition) is 1. The van der Waals surface area contributed by atoms with Gasteiger partial charge in [0.25, 0.3) is 0 Å². The van der Waals surface area contributed by atoms with Crippen LogP contribution in [-0.2, 0) is 10.0 Å². The van der Waals surface area contributed by atoms with Gasteiger partial charge < -0.3 is 5.11 Å². The third kappa shape index (κ3) is 2.34. The fourth-order valence-corrected chi connectivity index (χ4v) is 3.42. The zero-order chi connectivity index (χ0) is 12.6. The lowest BCUT2D eigenvalue weighted by Crippen LogP contribution is -2.30. The van der Waals surface area contributed by atoms with Crippen LogP contribution < -0.4 is 0 Å². The highest BCUT2D eigenvalue weighted by Gasteiger charge is 2.33. The molecular formula is C11H14FNO3S. The van der Waals surface area contributed by atoms with Crippen LogP contribution >= 0.6 is 0 Å². The van der Waals surface area contributed by atoms with E-state index in [0.29, 0.717) is 12.0 Å². The second-order valence-electron chi connectivity index (χ2n) is 4.24. The van der Waals surface area contributed by atoms with Gasteiger partial charge in [-0.2, -0.15) is 4.31 Å². The summed E-state index contributed by atoms with van der Waals surface area (Å²) in [6.07, 6.45) is -0.259. The van der Waals surface area contributed by atoms with E-state index >= 15 is 0 Å².